The van der Waals surface area contributed by atoms with E-state index in [1.54, 1.807) is 0 Å². The highest BCUT2D eigenvalue weighted by atomic mass is 35.5. The van der Waals surface area contributed by atoms with Gasteiger partial charge in [-0.3, -0.25) is 4.99 Å². The van der Waals surface area contributed by atoms with Gasteiger partial charge in [0.15, 0.2) is 23.4 Å². The minimum atomic E-state index is -1.24. The standard InChI is InChI=1S/C26H22ClN3O5S/c1-14(31)24(26(32)33)28-13-15-5-8-22-18(11-15)25(30-36-22)29-19-4-2-3-17(23(19)27)16-6-7-20-21(12-16)35-10-9-34-20/h2-8,11-14,24,31H,9-10H2,1H3,(H,29,30)(H,32,33)/t14-,24+/m1/s1. The highest BCUT2D eigenvalue weighted by Crippen LogP contribution is 2.40. The second kappa shape index (κ2) is 10.1. The number of carboxylic acid groups (broad SMARTS) is 1. The Bertz CT molecular complexity index is 1470. The van der Waals surface area contributed by atoms with Crippen LogP contribution < -0.4 is 14.8 Å². The van der Waals surface area contributed by atoms with Gasteiger partial charge < -0.3 is 25.0 Å². The molecule has 1 aromatic heterocycles. The maximum absolute atomic E-state index is 11.3. The molecule has 8 nitrogen and oxygen atoms in total. The molecule has 3 N–H and O–H groups in total. The van der Waals surface area contributed by atoms with Crippen molar-refractivity contribution >= 4 is 56.9 Å². The highest BCUT2D eigenvalue weighted by Gasteiger charge is 2.21. The number of fused-ring (bicyclic) bond motifs is 2. The topological polar surface area (TPSA) is 113 Å². The Balaban J connectivity index is 1.44. The van der Waals surface area contributed by atoms with Crippen LogP contribution in [0.3, 0.4) is 0 Å². The molecule has 0 amide bonds. The molecule has 36 heavy (non-hydrogen) atoms. The molecular weight excluding hydrogens is 502 g/mol. The first-order valence-corrected chi connectivity index (χ1v) is 12.3. The Kier molecular flexibility index (Phi) is 6.77. The molecule has 0 aliphatic carbocycles. The van der Waals surface area contributed by atoms with Crippen LogP contribution in [0.2, 0.25) is 5.02 Å². The van der Waals surface area contributed by atoms with Crippen LogP contribution in [0.1, 0.15) is 12.5 Å². The zero-order valence-electron chi connectivity index (χ0n) is 19.1. The van der Waals surface area contributed by atoms with E-state index in [1.807, 2.05) is 54.6 Å². The van der Waals surface area contributed by atoms with E-state index in [9.17, 15) is 15.0 Å². The summed E-state index contributed by atoms with van der Waals surface area (Å²) in [5.41, 5.74) is 3.12. The molecule has 1 aliphatic rings. The van der Waals surface area contributed by atoms with Crippen LogP contribution in [0.4, 0.5) is 11.5 Å². The summed E-state index contributed by atoms with van der Waals surface area (Å²) in [6, 6.07) is 15.8. The zero-order chi connectivity index (χ0) is 25.2. The van der Waals surface area contributed by atoms with E-state index < -0.39 is 18.1 Å². The van der Waals surface area contributed by atoms with Gasteiger partial charge in [0.05, 0.1) is 21.5 Å². The summed E-state index contributed by atoms with van der Waals surface area (Å²) in [6.45, 7) is 2.43. The van der Waals surface area contributed by atoms with Crippen molar-refractivity contribution in [3.05, 3.63) is 65.2 Å². The summed E-state index contributed by atoms with van der Waals surface area (Å²) in [5, 5.41) is 23.6. The van der Waals surface area contributed by atoms with Gasteiger partial charge in [0, 0.05) is 17.2 Å². The number of aromatic nitrogens is 1. The summed E-state index contributed by atoms with van der Waals surface area (Å²) in [5.74, 6) is 0.839. The van der Waals surface area contributed by atoms with Gasteiger partial charge >= 0.3 is 5.97 Å². The summed E-state index contributed by atoms with van der Waals surface area (Å²) in [4.78, 5) is 15.3. The largest absolute Gasteiger partial charge is 0.486 e. The molecule has 0 saturated carbocycles. The molecule has 2 heterocycles. The van der Waals surface area contributed by atoms with Crippen molar-refractivity contribution in [3.63, 3.8) is 0 Å². The monoisotopic (exact) mass is 523 g/mol. The number of hydrogen-bond donors (Lipinski definition) is 3. The molecule has 0 bridgehead atoms. The summed E-state index contributed by atoms with van der Waals surface area (Å²) >= 11 is 8.14. The van der Waals surface area contributed by atoms with Crippen molar-refractivity contribution in [1.82, 2.24) is 4.37 Å². The number of carbonyl (C=O) groups is 1. The molecule has 1 aliphatic heterocycles. The van der Waals surface area contributed by atoms with Crippen molar-refractivity contribution in [2.45, 2.75) is 19.1 Å². The van der Waals surface area contributed by atoms with Gasteiger partial charge in [0.2, 0.25) is 0 Å². The van der Waals surface area contributed by atoms with Crippen LogP contribution in [-0.2, 0) is 4.79 Å². The number of nitrogens with zero attached hydrogens (tertiary/aromatic N) is 2. The van der Waals surface area contributed by atoms with Crippen LogP contribution in [0.15, 0.2) is 59.6 Å². The number of halogens is 1. The van der Waals surface area contributed by atoms with Crippen LogP contribution in [-0.4, -0.2) is 52.1 Å². The Morgan fingerprint density at radius 3 is 2.75 bits per heavy atom. The number of rotatable bonds is 7. The summed E-state index contributed by atoms with van der Waals surface area (Å²) in [7, 11) is 0. The molecule has 2 atom stereocenters. The van der Waals surface area contributed by atoms with Crippen molar-refractivity contribution in [3.8, 4) is 22.6 Å². The average molecular weight is 524 g/mol. The number of ether oxygens (including phenoxy) is 2. The minimum Gasteiger partial charge on any atom is -0.486 e. The Labute approximate surface area is 216 Å². The van der Waals surface area contributed by atoms with E-state index in [-0.39, 0.29) is 0 Å². The SMILES string of the molecule is C[C@@H](O)[C@H](N=Cc1ccc2snc(Nc3cccc(-c4ccc5c(c4)OCCO5)c3Cl)c2c1)C(=O)O. The number of benzene rings is 3. The molecule has 5 rings (SSSR count). The number of aliphatic hydroxyl groups is 1. The number of aliphatic carboxylic acids is 1. The van der Waals surface area contributed by atoms with Crippen molar-refractivity contribution in [2.75, 3.05) is 18.5 Å². The molecule has 3 aromatic carbocycles. The van der Waals surface area contributed by atoms with Crippen molar-refractivity contribution in [2.24, 2.45) is 4.99 Å². The second-order valence-electron chi connectivity index (χ2n) is 8.24. The van der Waals surface area contributed by atoms with Gasteiger partial charge in [-0.05, 0) is 59.9 Å². The lowest BCUT2D eigenvalue weighted by atomic mass is 10.0. The smallest absolute Gasteiger partial charge is 0.331 e. The fraction of sp³-hybridized carbons (Fsp3) is 0.192. The van der Waals surface area contributed by atoms with E-state index in [0.717, 1.165) is 21.2 Å². The van der Waals surface area contributed by atoms with Gasteiger partial charge in [-0.15, -0.1) is 0 Å². The normalized spacial score (nSPS) is 14.6. The minimum absolute atomic E-state index is 0.505. The fourth-order valence-electron chi connectivity index (χ4n) is 3.88. The quantitative estimate of drug-likeness (QED) is 0.278. The number of carboxylic acids is 1. The zero-order valence-corrected chi connectivity index (χ0v) is 20.7. The predicted molar refractivity (Wildman–Crippen MR) is 141 cm³/mol. The van der Waals surface area contributed by atoms with Gasteiger partial charge in [-0.1, -0.05) is 35.9 Å². The molecule has 4 aromatic rings. The Morgan fingerprint density at radius 2 is 1.97 bits per heavy atom. The second-order valence-corrected chi connectivity index (χ2v) is 9.42. The lowest BCUT2D eigenvalue weighted by molar-refractivity contribution is -0.140. The molecule has 0 saturated heterocycles. The molecule has 10 heteroatoms. The number of hydrogen-bond acceptors (Lipinski definition) is 8. The summed E-state index contributed by atoms with van der Waals surface area (Å²) < 4.78 is 16.8. The number of aliphatic imine (C=N–C) groups is 1. The van der Waals surface area contributed by atoms with E-state index in [0.29, 0.717) is 46.8 Å². The molecule has 0 spiro atoms. The highest BCUT2D eigenvalue weighted by molar-refractivity contribution is 7.13. The van der Waals surface area contributed by atoms with Gasteiger partial charge in [0.25, 0.3) is 0 Å². The summed E-state index contributed by atoms with van der Waals surface area (Å²) in [6.07, 6.45) is 0.341. The predicted octanol–water partition coefficient (Wildman–Crippen LogP) is 5.38. The van der Waals surface area contributed by atoms with Crippen LogP contribution in [0.25, 0.3) is 21.2 Å². The lowest BCUT2D eigenvalue weighted by Gasteiger charge is -2.19. The van der Waals surface area contributed by atoms with E-state index >= 15 is 0 Å². The van der Waals surface area contributed by atoms with Gasteiger partial charge in [-0.25, -0.2) is 4.79 Å². The average Bonchev–Trinajstić information content (AvgIpc) is 3.26. The number of anilines is 2. The molecule has 0 radical (unpaired) electrons. The number of nitrogens with one attached hydrogen (secondary N) is 1. The molecular formula is C26H22ClN3O5S. The molecule has 0 unspecified atom stereocenters. The maximum Gasteiger partial charge on any atom is 0.331 e. The van der Waals surface area contributed by atoms with E-state index in [1.165, 1.54) is 24.7 Å². The van der Waals surface area contributed by atoms with Crippen LogP contribution >= 0.6 is 23.1 Å². The van der Waals surface area contributed by atoms with Crippen LogP contribution in [0.5, 0.6) is 11.5 Å². The van der Waals surface area contributed by atoms with Crippen molar-refractivity contribution in [1.29, 1.82) is 0 Å². The number of aliphatic hydroxyl groups excluding tert-OH is 1. The Hall–Kier alpha value is -3.66. The fourth-order valence-corrected chi connectivity index (χ4v) is 4.88. The third kappa shape index (κ3) is 4.86. The first kappa shape index (κ1) is 24.1. The van der Waals surface area contributed by atoms with E-state index in [4.69, 9.17) is 21.1 Å². The third-order valence-electron chi connectivity index (χ3n) is 5.69. The van der Waals surface area contributed by atoms with Crippen molar-refractivity contribution < 1.29 is 24.5 Å². The molecule has 184 valence electrons. The van der Waals surface area contributed by atoms with E-state index in [2.05, 4.69) is 14.7 Å². The maximum atomic E-state index is 11.3. The molecule has 0 fully saturated rings. The van der Waals surface area contributed by atoms with Crippen LogP contribution in [0, 0.1) is 0 Å². The first-order chi connectivity index (χ1) is 17.4. The lowest BCUT2D eigenvalue weighted by Crippen LogP contribution is -2.29. The Morgan fingerprint density at radius 1 is 1.17 bits per heavy atom. The third-order valence-corrected chi connectivity index (χ3v) is 6.93. The van der Waals surface area contributed by atoms with Gasteiger partial charge in [-0.2, -0.15) is 4.37 Å². The first-order valence-electron chi connectivity index (χ1n) is 11.2. The van der Waals surface area contributed by atoms with Gasteiger partial charge in [0.1, 0.15) is 13.2 Å².